The first-order valence-corrected chi connectivity index (χ1v) is 5.47. The van der Waals surface area contributed by atoms with Crippen molar-refractivity contribution >= 4 is 29.2 Å². The van der Waals surface area contributed by atoms with E-state index in [-0.39, 0.29) is 6.04 Å². The fraction of sp³-hybridized carbons (Fsp3) is 0.556. The molecule has 82 valence electrons. The van der Waals surface area contributed by atoms with E-state index in [4.69, 9.17) is 27.9 Å². The van der Waals surface area contributed by atoms with Gasteiger partial charge < -0.3 is 9.64 Å². The topological polar surface area (TPSA) is 38.2 Å². The smallest absolute Gasteiger partial charge is 0.228 e. The molecule has 0 aliphatic carbocycles. The van der Waals surface area contributed by atoms with Crippen LogP contribution in [0, 0.1) is 0 Å². The average Bonchev–Trinajstić information content (AvgIpc) is 2.16. The largest absolute Gasteiger partial charge is 0.377 e. The molecule has 1 aromatic heterocycles. The van der Waals surface area contributed by atoms with E-state index >= 15 is 0 Å². The molecule has 0 N–H and O–H groups in total. The van der Waals surface area contributed by atoms with Crippen molar-refractivity contribution in [1.82, 2.24) is 9.97 Å². The summed E-state index contributed by atoms with van der Waals surface area (Å²) in [4.78, 5) is 10.3. The maximum Gasteiger partial charge on any atom is 0.228 e. The van der Waals surface area contributed by atoms with Crippen molar-refractivity contribution in [2.24, 2.45) is 0 Å². The SMILES string of the molecule is C[C@H]1COCCN1c1nc(Cl)cc(Cl)n1. The van der Waals surface area contributed by atoms with E-state index in [0.29, 0.717) is 29.5 Å². The molecule has 1 saturated heterocycles. The average molecular weight is 248 g/mol. The molecular formula is C9H11Cl2N3O. The number of halogens is 2. The Balaban J connectivity index is 2.27. The lowest BCUT2D eigenvalue weighted by atomic mass is 10.3. The zero-order valence-corrected chi connectivity index (χ0v) is 9.79. The van der Waals surface area contributed by atoms with Crippen molar-refractivity contribution in [3.8, 4) is 0 Å². The van der Waals surface area contributed by atoms with Crippen molar-refractivity contribution in [3.63, 3.8) is 0 Å². The third-order valence-electron chi connectivity index (χ3n) is 2.28. The van der Waals surface area contributed by atoms with E-state index in [1.165, 1.54) is 6.07 Å². The Bertz CT molecular complexity index is 341. The zero-order chi connectivity index (χ0) is 10.8. The minimum atomic E-state index is 0.244. The van der Waals surface area contributed by atoms with E-state index in [2.05, 4.69) is 16.9 Å². The predicted molar refractivity (Wildman–Crippen MR) is 59.7 cm³/mol. The molecule has 0 radical (unpaired) electrons. The van der Waals surface area contributed by atoms with Crippen LogP contribution in [0.3, 0.4) is 0 Å². The van der Waals surface area contributed by atoms with Gasteiger partial charge in [0.15, 0.2) is 0 Å². The fourth-order valence-electron chi connectivity index (χ4n) is 1.53. The standard InChI is InChI=1S/C9H11Cl2N3O/c1-6-5-15-3-2-14(6)9-12-7(10)4-8(11)13-9/h4,6H,2-3,5H2,1H3/t6-/m0/s1. The van der Waals surface area contributed by atoms with E-state index < -0.39 is 0 Å². The number of hydrogen-bond acceptors (Lipinski definition) is 4. The molecule has 0 aromatic carbocycles. The van der Waals surface area contributed by atoms with E-state index in [0.717, 1.165) is 6.54 Å². The molecular weight excluding hydrogens is 237 g/mol. The maximum absolute atomic E-state index is 5.82. The van der Waals surface area contributed by atoms with Gasteiger partial charge in [-0.25, -0.2) is 9.97 Å². The van der Waals surface area contributed by atoms with Crippen LogP contribution in [0.25, 0.3) is 0 Å². The van der Waals surface area contributed by atoms with Crippen LogP contribution in [-0.2, 0) is 4.74 Å². The van der Waals surface area contributed by atoms with Crippen LogP contribution in [0.2, 0.25) is 10.3 Å². The minimum absolute atomic E-state index is 0.244. The second-order valence-corrected chi connectivity index (χ2v) is 4.21. The summed E-state index contributed by atoms with van der Waals surface area (Å²) in [7, 11) is 0. The number of rotatable bonds is 1. The van der Waals surface area contributed by atoms with Crippen molar-refractivity contribution in [2.45, 2.75) is 13.0 Å². The third-order valence-corrected chi connectivity index (χ3v) is 2.66. The Morgan fingerprint density at radius 3 is 2.67 bits per heavy atom. The first-order chi connectivity index (χ1) is 7.16. The zero-order valence-electron chi connectivity index (χ0n) is 8.28. The van der Waals surface area contributed by atoms with Crippen LogP contribution in [0.5, 0.6) is 0 Å². The van der Waals surface area contributed by atoms with Gasteiger partial charge in [0.05, 0.1) is 19.3 Å². The van der Waals surface area contributed by atoms with Gasteiger partial charge in [0.2, 0.25) is 5.95 Å². The highest BCUT2D eigenvalue weighted by molar-refractivity contribution is 6.33. The van der Waals surface area contributed by atoms with Gasteiger partial charge >= 0.3 is 0 Å². The number of hydrogen-bond donors (Lipinski definition) is 0. The van der Waals surface area contributed by atoms with Gasteiger partial charge in [0.1, 0.15) is 10.3 Å². The molecule has 1 aromatic rings. The number of nitrogens with zero attached hydrogens (tertiary/aromatic N) is 3. The van der Waals surface area contributed by atoms with Crippen LogP contribution in [-0.4, -0.2) is 35.8 Å². The summed E-state index contributed by atoms with van der Waals surface area (Å²) >= 11 is 11.6. The molecule has 1 atom stereocenters. The van der Waals surface area contributed by atoms with Crippen LogP contribution in [0.1, 0.15) is 6.92 Å². The Labute approximate surface area is 98.2 Å². The highest BCUT2D eigenvalue weighted by atomic mass is 35.5. The van der Waals surface area contributed by atoms with Crippen molar-refractivity contribution < 1.29 is 4.74 Å². The molecule has 0 bridgehead atoms. The van der Waals surface area contributed by atoms with E-state index in [1.807, 2.05) is 4.90 Å². The molecule has 1 fully saturated rings. The molecule has 2 rings (SSSR count). The van der Waals surface area contributed by atoms with Gasteiger partial charge in [-0.1, -0.05) is 23.2 Å². The predicted octanol–water partition coefficient (Wildman–Crippen LogP) is 2.01. The molecule has 0 amide bonds. The van der Waals surface area contributed by atoms with Crippen LogP contribution >= 0.6 is 23.2 Å². The molecule has 4 nitrogen and oxygen atoms in total. The Hall–Kier alpha value is -0.580. The lowest BCUT2D eigenvalue weighted by molar-refractivity contribution is 0.0981. The third kappa shape index (κ3) is 2.51. The summed E-state index contributed by atoms with van der Waals surface area (Å²) in [6.07, 6.45) is 0. The molecule has 1 aliphatic heterocycles. The molecule has 0 unspecified atom stereocenters. The van der Waals surface area contributed by atoms with E-state index in [9.17, 15) is 0 Å². The van der Waals surface area contributed by atoms with Gasteiger partial charge in [-0.05, 0) is 6.92 Å². The molecule has 0 saturated carbocycles. The summed E-state index contributed by atoms with van der Waals surface area (Å²) in [6.45, 7) is 4.17. The number of morpholine rings is 1. The molecule has 15 heavy (non-hydrogen) atoms. The second kappa shape index (κ2) is 4.51. The molecule has 0 spiro atoms. The first kappa shape index (κ1) is 10.9. The van der Waals surface area contributed by atoms with Gasteiger partial charge in [-0.3, -0.25) is 0 Å². The summed E-state index contributed by atoms with van der Waals surface area (Å²) < 4.78 is 5.33. The van der Waals surface area contributed by atoms with Gasteiger partial charge in [0, 0.05) is 12.6 Å². The van der Waals surface area contributed by atoms with Gasteiger partial charge in [0.25, 0.3) is 0 Å². The van der Waals surface area contributed by atoms with Crippen LogP contribution in [0.15, 0.2) is 6.07 Å². The quantitative estimate of drug-likeness (QED) is 0.712. The summed E-state index contributed by atoms with van der Waals surface area (Å²) in [5.74, 6) is 0.573. The highest BCUT2D eigenvalue weighted by Crippen LogP contribution is 2.20. The van der Waals surface area contributed by atoms with Gasteiger partial charge in [-0.15, -0.1) is 0 Å². The Morgan fingerprint density at radius 1 is 1.40 bits per heavy atom. The second-order valence-electron chi connectivity index (χ2n) is 3.43. The number of aromatic nitrogens is 2. The van der Waals surface area contributed by atoms with Crippen molar-refractivity contribution in [2.75, 3.05) is 24.7 Å². The Morgan fingerprint density at radius 2 is 2.07 bits per heavy atom. The lowest BCUT2D eigenvalue weighted by Crippen LogP contribution is -2.44. The van der Waals surface area contributed by atoms with Crippen LogP contribution in [0.4, 0.5) is 5.95 Å². The van der Waals surface area contributed by atoms with E-state index in [1.54, 1.807) is 0 Å². The van der Waals surface area contributed by atoms with Gasteiger partial charge in [-0.2, -0.15) is 0 Å². The summed E-state index contributed by atoms with van der Waals surface area (Å²) in [5.41, 5.74) is 0. The van der Waals surface area contributed by atoms with Crippen LogP contribution < -0.4 is 4.90 Å². The van der Waals surface area contributed by atoms with Crippen molar-refractivity contribution in [3.05, 3.63) is 16.4 Å². The minimum Gasteiger partial charge on any atom is -0.377 e. The highest BCUT2D eigenvalue weighted by Gasteiger charge is 2.21. The van der Waals surface area contributed by atoms with Crippen molar-refractivity contribution in [1.29, 1.82) is 0 Å². The normalized spacial score (nSPS) is 21.8. The molecule has 6 heteroatoms. The Kier molecular flexibility index (Phi) is 3.29. The fourth-order valence-corrected chi connectivity index (χ4v) is 1.95. The lowest BCUT2D eigenvalue weighted by Gasteiger charge is -2.33. The monoisotopic (exact) mass is 247 g/mol. The molecule has 2 heterocycles. The number of anilines is 1. The number of ether oxygens (including phenoxy) is 1. The maximum atomic E-state index is 5.82. The summed E-state index contributed by atoms with van der Waals surface area (Å²) in [6, 6.07) is 1.77. The first-order valence-electron chi connectivity index (χ1n) is 4.71. The molecule has 1 aliphatic rings. The summed E-state index contributed by atoms with van der Waals surface area (Å²) in [5, 5.41) is 0.729.